The van der Waals surface area contributed by atoms with Gasteiger partial charge in [-0.15, -0.1) is 0 Å². The smallest absolute Gasteiger partial charge is 0.117 e. The zero-order valence-corrected chi connectivity index (χ0v) is 12.4. The molecule has 3 rings (SSSR count). The van der Waals surface area contributed by atoms with Gasteiger partial charge >= 0.3 is 0 Å². The molecule has 0 saturated heterocycles. The van der Waals surface area contributed by atoms with Crippen LogP contribution in [0.5, 0.6) is 0 Å². The standard InChI is InChI=1S/C15H12ClN3S/c1-10-4-5-14(18-9-10)20-19-13-8-12(16)7-11-3-2-6-17-15(11)13/h2-9,19H,1H3. The summed E-state index contributed by atoms with van der Waals surface area (Å²) >= 11 is 7.58. The first-order valence-corrected chi connectivity index (χ1v) is 7.31. The number of pyridine rings is 2. The number of fused-ring (bicyclic) bond motifs is 1. The minimum Gasteiger partial charge on any atom is -0.322 e. The fourth-order valence-corrected chi connectivity index (χ4v) is 2.69. The van der Waals surface area contributed by atoms with E-state index < -0.39 is 0 Å². The second-order valence-electron chi connectivity index (χ2n) is 4.41. The van der Waals surface area contributed by atoms with Gasteiger partial charge in [-0.2, -0.15) is 0 Å². The Labute approximate surface area is 126 Å². The molecule has 3 nitrogen and oxygen atoms in total. The van der Waals surface area contributed by atoms with Crippen LogP contribution in [-0.4, -0.2) is 9.97 Å². The number of nitrogens with one attached hydrogen (secondary N) is 1. The number of aryl methyl sites for hydroxylation is 1. The van der Waals surface area contributed by atoms with Crippen molar-refractivity contribution in [1.29, 1.82) is 0 Å². The summed E-state index contributed by atoms with van der Waals surface area (Å²) in [7, 11) is 0. The molecule has 2 heterocycles. The van der Waals surface area contributed by atoms with Gasteiger partial charge in [0.15, 0.2) is 0 Å². The maximum atomic E-state index is 6.13. The Hall–Kier alpha value is -1.78. The average molecular weight is 302 g/mol. The molecule has 0 radical (unpaired) electrons. The highest BCUT2D eigenvalue weighted by Crippen LogP contribution is 2.29. The predicted octanol–water partition coefficient (Wildman–Crippen LogP) is 4.71. The molecular formula is C15H12ClN3S. The molecule has 0 fully saturated rings. The molecule has 0 aliphatic heterocycles. The van der Waals surface area contributed by atoms with Crippen LogP contribution in [0.4, 0.5) is 5.69 Å². The number of benzene rings is 1. The molecule has 20 heavy (non-hydrogen) atoms. The summed E-state index contributed by atoms with van der Waals surface area (Å²) in [4.78, 5) is 8.74. The van der Waals surface area contributed by atoms with Crippen LogP contribution in [0.25, 0.3) is 10.9 Å². The van der Waals surface area contributed by atoms with E-state index in [1.54, 1.807) is 6.20 Å². The lowest BCUT2D eigenvalue weighted by Gasteiger charge is -2.08. The SMILES string of the molecule is Cc1ccc(SNc2cc(Cl)cc3cccnc23)nc1. The maximum Gasteiger partial charge on any atom is 0.117 e. The Balaban J connectivity index is 1.88. The summed E-state index contributed by atoms with van der Waals surface area (Å²) in [5, 5.41) is 2.60. The third kappa shape index (κ3) is 2.86. The number of rotatable bonds is 3. The second-order valence-corrected chi connectivity index (χ2v) is 5.67. The van der Waals surface area contributed by atoms with Crippen LogP contribution in [0.15, 0.2) is 53.8 Å². The van der Waals surface area contributed by atoms with Crippen molar-refractivity contribution in [3.63, 3.8) is 0 Å². The van der Waals surface area contributed by atoms with Gasteiger partial charge in [0, 0.05) is 34.8 Å². The molecule has 3 aromatic rings. The third-order valence-electron chi connectivity index (χ3n) is 2.82. The molecule has 0 aliphatic carbocycles. The Kier molecular flexibility index (Phi) is 3.76. The van der Waals surface area contributed by atoms with E-state index in [0.717, 1.165) is 27.2 Å². The van der Waals surface area contributed by atoms with Crippen molar-refractivity contribution < 1.29 is 0 Å². The van der Waals surface area contributed by atoms with Gasteiger partial charge in [-0.1, -0.05) is 23.7 Å². The quantitative estimate of drug-likeness (QED) is 0.711. The Morgan fingerprint density at radius 3 is 2.85 bits per heavy atom. The molecule has 0 atom stereocenters. The van der Waals surface area contributed by atoms with Crippen molar-refractivity contribution in [2.45, 2.75) is 11.9 Å². The summed E-state index contributed by atoms with van der Waals surface area (Å²) in [6.45, 7) is 2.02. The van der Waals surface area contributed by atoms with Gasteiger partial charge in [0.25, 0.3) is 0 Å². The molecule has 0 spiro atoms. The fourth-order valence-electron chi connectivity index (χ4n) is 1.86. The van der Waals surface area contributed by atoms with Crippen LogP contribution in [0.1, 0.15) is 5.56 Å². The van der Waals surface area contributed by atoms with Gasteiger partial charge in [0.05, 0.1) is 11.2 Å². The number of anilines is 1. The summed E-state index contributed by atoms with van der Waals surface area (Å²) < 4.78 is 3.27. The molecule has 0 aliphatic rings. The zero-order valence-electron chi connectivity index (χ0n) is 10.8. The van der Waals surface area contributed by atoms with Gasteiger partial charge in [0.1, 0.15) is 5.03 Å². The lowest BCUT2D eigenvalue weighted by atomic mass is 10.2. The van der Waals surface area contributed by atoms with E-state index in [1.165, 1.54) is 11.9 Å². The molecule has 100 valence electrons. The largest absolute Gasteiger partial charge is 0.322 e. The molecule has 1 N–H and O–H groups in total. The van der Waals surface area contributed by atoms with E-state index >= 15 is 0 Å². The van der Waals surface area contributed by atoms with Crippen molar-refractivity contribution in [1.82, 2.24) is 9.97 Å². The van der Waals surface area contributed by atoms with Gasteiger partial charge in [-0.25, -0.2) is 4.98 Å². The number of halogens is 1. The number of hydrogen-bond donors (Lipinski definition) is 1. The molecule has 0 unspecified atom stereocenters. The Morgan fingerprint density at radius 1 is 1.15 bits per heavy atom. The average Bonchev–Trinajstić information content (AvgIpc) is 2.46. The topological polar surface area (TPSA) is 37.8 Å². The van der Waals surface area contributed by atoms with Crippen molar-refractivity contribution in [2.75, 3.05) is 4.72 Å². The Morgan fingerprint density at radius 2 is 2.05 bits per heavy atom. The highest BCUT2D eigenvalue weighted by molar-refractivity contribution is 8.00. The molecule has 0 bridgehead atoms. The molecule has 1 aromatic carbocycles. The second kappa shape index (κ2) is 5.69. The normalized spacial score (nSPS) is 10.7. The number of aromatic nitrogens is 2. The van der Waals surface area contributed by atoms with Crippen LogP contribution in [0.3, 0.4) is 0 Å². The van der Waals surface area contributed by atoms with Crippen LogP contribution in [0.2, 0.25) is 5.02 Å². The van der Waals surface area contributed by atoms with E-state index in [2.05, 4.69) is 14.7 Å². The molecule has 0 saturated carbocycles. The fraction of sp³-hybridized carbons (Fsp3) is 0.0667. The molecule has 5 heteroatoms. The van der Waals surface area contributed by atoms with E-state index in [4.69, 9.17) is 11.6 Å². The lowest BCUT2D eigenvalue weighted by Crippen LogP contribution is -1.92. The van der Waals surface area contributed by atoms with E-state index in [-0.39, 0.29) is 0 Å². The minimum absolute atomic E-state index is 0.686. The van der Waals surface area contributed by atoms with E-state index in [1.807, 2.05) is 49.5 Å². The van der Waals surface area contributed by atoms with Crippen molar-refractivity contribution >= 4 is 40.1 Å². The van der Waals surface area contributed by atoms with E-state index in [9.17, 15) is 0 Å². The van der Waals surface area contributed by atoms with Gasteiger partial charge in [0.2, 0.25) is 0 Å². The highest BCUT2D eigenvalue weighted by Gasteiger charge is 2.05. The van der Waals surface area contributed by atoms with Crippen LogP contribution < -0.4 is 4.72 Å². The van der Waals surface area contributed by atoms with Gasteiger partial charge in [-0.05, 0) is 36.8 Å². The molecule has 0 amide bonds. The first-order valence-electron chi connectivity index (χ1n) is 6.12. The highest BCUT2D eigenvalue weighted by atomic mass is 35.5. The molecular weight excluding hydrogens is 290 g/mol. The summed E-state index contributed by atoms with van der Waals surface area (Å²) in [6, 6.07) is 11.7. The minimum atomic E-state index is 0.686. The van der Waals surface area contributed by atoms with Gasteiger partial charge in [-0.3, -0.25) is 4.98 Å². The summed E-state index contributed by atoms with van der Waals surface area (Å²) in [6.07, 6.45) is 3.62. The molecule has 2 aromatic heterocycles. The number of hydrogen-bond acceptors (Lipinski definition) is 4. The van der Waals surface area contributed by atoms with E-state index in [0.29, 0.717) is 5.02 Å². The van der Waals surface area contributed by atoms with Crippen molar-refractivity contribution in [3.05, 3.63) is 59.4 Å². The van der Waals surface area contributed by atoms with Crippen molar-refractivity contribution in [3.8, 4) is 0 Å². The maximum absolute atomic E-state index is 6.13. The van der Waals surface area contributed by atoms with Crippen molar-refractivity contribution in [2.24, 2.45) is 0 Å². The predicted molar refractivity (Wildman–Crippen MR) is 85.2 cm³/mol. The number of nitrogens with zero attached hydrogens (tertiary/aromatic N) is 2. The zero-order chi connectivity index (χ0) is 13.9. The van der Waals surface area contributed by atoms with Crippen LogP contribution in [-0.2, 0) is 0 Å². The first kappa shape index (κ1) is 13.2. The van der Waals surface area contributed by atoms with Gasteiger partial charge < -0.3 is 4.72 Å². The van der Waals surface area contributed by atoms with Crippen LogP contribution in [0, 0.1) is 6.92 Å². The monoisotopic (exact) mass is 301 g/mol. The van der Waals surface area contributed by atoms with Crippen LogP contribution >= 0.6 is 23.5 Å². The summed E-state index contributed by atoms with van der Waals surface area (Å²) in [5.41, 5.74) is 2.93. The first-order chi connectivity index (χ1) is 9.72. The summed E-state index contributed by atoms with van der Waals surface area (Å²) in [5.74, 6) is 0. The lowest BCUT2D eigenvalue weighted by molar-refractivity contribution is 1.11. The Bertz CT molecular complexity index is 744. The third-order valence-corrected chi connectivity index (χ3v) is 3.81.